The molecule has 0 saturated heterocycles. The second-order valence-electron chi connectivity index (χ2n) is 5.30. The van der Waals surface area contributed by atoms with Gasteiger partial charge in [0.15, 0.2) is 0 Å². The molecule has 0 aromatic heterocycles. The van der Waals surface area contributed by atoms with E-state index in [-0.39, 0.29) is 11.9 Å². The van der Waals surface area contributed by atoms with Crippen LogP contribution < -0.4 is 5.32 Å². The van der Waals surface area contributed by atoms with Crippen molar-refractivity contribution in [1.29, 1.82) is 0 Å². The molecule has 1 N–H and O–H groups in total. The fourth-order valence-corrected chi connectivity index (χ4v) is 2.64. The smallest absolute Gasteiger partial charge is 0.123 e. The molecule has 0 radical (unpaired) electrons. The van der Waals surface area contributed by atoms with Crippen LogP contribution in [0.3, 0.4) is 0 Å². The number of halogens is 1. The van der Waals surface area contributed by atoms with E-state index in [2.05, 4.69) is 36.5 Å². The molecule has 19 heavy (non-hydrogen) atoms. The molecule has 1 aliphatic rings. The lowest BCUT2D eigenvalue weighted by Crippen LogP contribution is -2.22. The largest absolute Gasteiger partial charge is 0.307 e. The topological polar surface area (TPSA) is 12.0 Å². The van der Waals surface area contributed by atoms with Gasteiger partial charge in [0.25, 0.3) is 0 Å². The van der Waals surface area contributed by atoms with Crippen LogP contribution in [0.4, 0.5) is 4.39 Å². The van der Waals surface area contributed by atoms with Crippen LogP contribution in [-0.2, 0) is 0 Å². The van der Waals surface area contributed by atoms with Crippen molar-refractivity contribution in [3.05, 3.63) is 71.5 Å². The summed E-state index contributed by atoms with van der Waals surface area (Å²) in [5, 5.41) is 3.58. The maximum absolute atomic E-state index is 13.2. The molecule has 0 bridgehead atoms. The molecular formula is C17H18FN. The van der Waals surface area contributed by atoms with Crippen molar-refractivity contribution in [1.82, 2.24) is 5.32 Å². The van der Waals surface area contributed by atoms with Gasteiger partial charge in [-0.2, -0.15) is 0 Å². The molecule has 98 valence electrons. The van der Waals surface area contributed by atoms with E-state index < -0.39 is 0 Å². The van der Waals surface area contributed by atoms with E-state index in [0.29, 0.717) is 12.0 Å². The maximum atomic E-state index is 13.2. The summed E-state index contributed by atoms with van der Waals surface area (Å²) in [6.45, 7) is 2.09. The SMILES string of the molecule is CC(NC1CC1c1ccccc1)c1cccc(F)c1. The highest BCUT2D eigenvalue weighted by Crippen LogP contribution is 2.41. The molecule has 2 aromatic rings. The standard InChI is InChI=1S/C17H18FN/c1-12(14-8-5-9-15(18)10-14)19-17-11-16(17)13-6-3-2-4-7-13/h2-10,12,16-17,19H,11H2,1H3. The highest BCUT2D eigenvalue weighted by atomic mass is 19.1. The third-order valence-corrected chi connectivity index (χ3v) is 3.83. The Morgan fingerprint density at radius 3 is 2.63 bits per heavy atom. The quantitative estimate of drug-likeness (QED) is 0.869. The molecule has 2 heteroatoms. The van der Waals surface area contributed by atoms with Gasteiger partial charge in [-0.25, -0.2) is 4.39 Å². The van der Waals surface area contributed by atoms with E-state index in [4.69, 9.17) is 0 Å². The van der Waals surface area contributed by atoms with Crippen LogP contribution in [-0.4, -0.2) is 6.04 Å². The zero-order valence-corrected chi connectivity index (χ0v) is 11.0. The van der Waals surface area contributed by atoms with Gasteiger partial charge in [-0.1, -0.05) is 42.5 Å². The van der Waals surface area contributed by atoms with E-state index >= 15 is 0 Å². The van der Waals surface area contributed by atoms with Gasteiger partial charge in [0.05, 0.1) is 0 Å². The zero-order chi connectivity index (χ0) is 13.2. The van der Waals surface area contributed by atoms with Crippen molar-refractivity contribution in [2.75, 3.05) is 0 Å². The summed E-state index contributed by atoms with van der Waals surface area (Å²) in [6, 6.07) is 18.1. The van der Waals surface area contributed by atoms with Crippen LogP contribution in [0.1, 0.15) is 36.4 Å². The van der Waals surface area contributed by atoms with Crippen molar-refractivity contribution in [3.8, 4) is 0 Å². The van der Waals surface area contributed by atoms with Crippen LogP contribution in [0.15, 0.2) is 54.6 Å². The van der Waals surface area contributed by atoms with Crippen molar-refractivity contribution >= 4 is 0 Å². The summed E-state index contributed by atoms with van der Waals surface area (Å²) in [6.07, 6.45) is 1.17. The second kappa shape index (κ2) is 5.14. The van der Waals surface area contributed by atoms with E-state index in [0.717, 1.165) is 5.56 Å². The lowest BCUT2D eigenvalue weighted by molar-refractivity contribution is 0.555. The van der Waals surface area contributed by atoms with Crippen molar-refractivity contribution in [2.45, 2.75) is 31.3 Å². The van der Waals surface area contributed by atoms with E-state index in [1.54, 1.807) is 12.1 Å². The lowest BCUT2D eigenvalue weighted by atomic mass is 10.1. The van der Waals surface area contributed by atoms with Crippen LogP contribution >= 0.6 is 0 Å². The Balaban J connectivity index is 1.62. The van der Waals surface area contributed by atoms with Crippen LogP contribution in [0.5, 0.6) is 0 Å². The summed E-state index contributed by atoms with van der Waals surface area (Å²) in [5.74, 6) is 0.443. The van der Waals surface area contributed by atoms with Gasteiger partial charge in [0.1, 0.15) is 5.82 Å². The minimum atomic E-state index is -0.165. The first kappa shape index (κ1) is 12.4. The minimum Gasteiger partial charge on any atom is -0.307 e. The van der Waals surface area contributed by atoms with Gasteiger partial charge in [0.2, 0.25) is 0 Å². The van der Waals surface area contributed by atoms with Crippen LogP contribution in [0.25, 0.3) is 0 Å². The monoisotopic (exact) mass is 255 g/mol. The van der Waals surface area contributed by atoms with Gasteiger partial charge >= 0.3 is 0 Å². The van der Waals surface area contributed by atoms with Crippen molar-refractivity contribution in [2.24, 2.45) is 0 Å². The number of hydrogen-bond acceptors (Lipinski definition) is 1. The van der Waals surface area contributed by atoms with Crippen molar-refractivity contribution in [3.63, 3.8) is 0 Å². The Morgan fingerprint density at radius 2 is 1.89 bits per heavy atom. The molecule has 1 aliphatic carbocycles. The van der Waals surface area contributed by atoms with Crippen LogP contribution in [0.2, 0.25) is 0 Å². The Labute approximate surface area is 113 Å². The molecule has 1 saturated carbocycles. The van der Waals surface area contributed by atoms with Crippen LogP contribution in [0, 0.1) is 5.82 Å². The third-order valence-electron chi connectivity index (χ3n) is 3.83. The van der Waals surface area contributed by atoms with Gasteiger partial charge in [-0.05, 0) is 36.6 Å². The zero-order valence-electron chi connectivity index (χ0n) is 11.0. The molecular weight excluding hydrogens is 237 g/mol. The average Bonchev–Trinajstić information content (AvgIpc) is 3.19. The predicted molar refractivity (Wildman–Crippen MR) is 75.5 cm³/mol. The molecule has 0 heterocycles. The molecule has 0 amide bonds. The predicted octanol–water partition coefficient (Wildman–Crippen LogP) is 4.03. The van der Waals surface area contributed by atoms with E-state index in [9.17, 15) is 4.39 Å². The fraction of sp³-hybridized carbons (Fsp3) is 0.294. The van der Waals surface area contributed by atoms with E-state index in [1.165, 1.54) is 18.1 Å². The Bertz CT molecular complexity index is 552. The number of rotatable bonds is 4. The highest BCUT2D eigenvalue weighted by Gasteiger charge is 2.38. The average molecular weight is 255 g/mol. The first-order valence-electron chi connectivity index (χ1n) is 6.80. The number of benzene rings is 2. The Hall–Kier alpha value is -1.67. The summed E-state index contributed by atoms with van der Waals surface area (Å²) in [7, 11) is 0. The maximum Gasteiger partial charge on any atom is 0.123 e. The number of hydrogen-bond donors (Lipinski definition) is 1. The second-order valence-corrected chi connectivity index (χ2v) is 5.30. The first-order valence-corrected chi connectivity index (χ1v) is 6.80. The molecule has 1 nitrogen and oxygen atoms in total. The van der Waals surface area contributed by atoms with Gasteiger partial charge < -0.3 is 5.32 Å². The lowest BCUT2D eigenvalue weighted by Gasteiger charge is -2.14. The van der Waals surface area contributed by atoms with Gasteiger partial charge in [-0.3, -0.25) is 0 Å². The van der Waals surface area contributed by atoms with Crippen molar-refractivity contribution < 1.29 is 4.39 Å². The Morgan fingerprint density at radius 1 is 1.11 bits per heavy atom. The van der Waals surface area contributed by atoms with E-state index in [1.807, 2.05) is 12.1 Å². The molecule has 0 aliphatic heterocycles. The molecule has 3 atom stereocenters. The highest BCUT2D eigenvalue weighted by molar-refractivity contribution is 5.28. The summed E-state index contributed by atoms with van der Waals surface area (Å²) >= 11 is 0. The number of nitrogens with one attached hydrogen (secondary N) is 1. The summed E-state index contributed by atoms with van der Waals surface area (Å²) in [5.41, 5.74) is 2.41. The molecule has 3 unspecified atom stereocenters. The van der Waals surface area contributed by atoms with Gasteiger partial charge in [-0.15, -0.1) is 0 Å². The molecule has 0 spiro atoms. The summed E-state index contributed by atoms with van der Waals surface area (Å²) in [4.78, 5) is 0. The normalized spacial score (nSPS) is 23.1. The molecule has 2 aromatic carbocycles. The fourth-order valence-electron chi connectivity index (χ4n) is 2.64. The Kier molecular flexibility index (Phi) is 3.34. The minimum absolute atomic E-state index is 0.165. The molecule has 1 fully saturated rings. The van der Waals surface area contributed by atoms with Gasteiger partial charge in [0, 0.05) is 18.0 Å². The summed E-state index contributed by atoms with van der Waals surface area (Å²) < 4.78 is 13.2. The first-order chi connectivity index (χ1) is 9.24. The molecule has 3 rings (SSSR count). The third kappa shape index (κ3) is 2.85.